The SMILES string of the molecule is O=C(Nc1cccc(-c2noc(C(F)(F)F)n2)c1)C1CC1. The summed E-state index contributed by atoms with van der Waals surface area (Å²) in [5.41, 5.74) is 0.825. The standard InChI is InChI=1S/C13H10F3N3O2/c14-13(15,16)12-18-10(19-21-12)8-2-1-3-9(6-8)17-11(20)7-4-5-7/h1-3,6-7H,4-5H2,(H,17,20). The summed E-state index contributed by atoms with van der Waals surface area (Å²) >= 11 is 0. The zero-order chi connectivity index (χ0) is 15.0. The monoisotopic (exact) mass is 297 g/mol. The Morgan fingerprint density at radius 3 is 2.71 bits per heavy atom. The average Bonchev–Trinajstić information content (AvgIpc) is 3.14. The summed E-state index contributed by atoms with van der Waals surface area (Å²) in [5, 5.41) is 6.01. The maximum absolute atomic E-state index is 12.4. The summed E-state index contributed by atoms with van der Waals surface area (Å²) in [6.45, 7) is 0. The number of anilines is 1. The van der Waals surface area contributed by atoms with Gasteiger partial charge in [-0.25, -0.2) is 0 Å². The third-order valence-corrected chi connectivity index (χ3v) is 3.00. The fourth-order valence-electron chi connectivity index (χ4n) is 1.78. The van der Waals surface area contributed by atoms with Crippen LogP contribution in [0.5, 0.6) is 0 Å². The first-order valence-corrected chi connectivity index (χ1v) is 6.26. The van der Waals surface area contributed by atoms with Gasteiger partial charge in [0.05, 0.1) is 0 Å². The Morgan fingerprint density at radius 1 is 1.33 bits per heavy atom. The van der Waals surface area contributed by atoms with Crippen LogP contribution in [0.3, 0.4) is 0 Å². The maximum atomic E-state index is 12.4. The second-order valence-corrected chi connectivity index (χ2v) is 4.77. The second-order valence-electron chi connectivity index (χ2n) is 4.77. The zero-order valence-electron chi connectivity index (χ0n) is 10.6. The summed E-state index contributed by atoms with van der Waals surface area (Å²) in [6.07, 6.45) is -2.94. The summed E-state index contributed by atoms with van der Waals surface area (Å²) in [7, 11) is 0. The smallest absolute Gasteiger partial charge is 0.329 e. The maximum Gasteiger partial charge on any atom is 0.471 e. The Morgan fingerprint density at radius 2 is 2.10 bits per heavy atom. The molecule has 1 aromatic carbocycles. The Balaban J connectivity index is 1.82. The Hall–Kier alpha value is -2.38. The van der Waals surface area contributed by atoms with E-state index >= 15 is 0 Å². The summed E-state index contributed by atoms with van der Waals surface area (Å²) in [6, 6.07) is 6.29. The summed E-state index contributed by atoms with van der Waals surface area (Å²) in [5.74, 6) is -1.62. The molecule has 5 nitrogen and oxygen atoms in total. The highest BCUT2D eigenvalue weighted by molar-refractivity contribution is 5.94. The van der Waals surface area contributed by atoms with E-state index in [4.69, 9.17) is 0 Å². The molecule has 0 saturated heterocycles. The number of aromatic nitrogens is 2. The molecule has 8 heteroatoms. The highest BCUT2D eigenvalue weighted by atomic mass is 19.4. The average molecular weight is 297 g/mol. The molecule has 3 rings (SSSR count). The number of alkyl halides is 3. The minimum Gasteiger partial charge on any atom is -0.329 e. The van der Waals surface area contributed by atoms with Gasteiger partial charge in [0, 0.05) is 17.2 Å². The molecule has 1 aliphatic carbocycles. The molecule has 0 aliphatic heterocycles. The van der Waals surface area contributed by atoms with E-state index < -0.39 is 12.1 Å². The van der Waals surface area contributed by atoms with Crippen molar-refractivity contribution in [2.75, 3.05) is 5.32 Å². The van der Waals surface area contributed by atoms with E-state index in [1.54, 1.807) is 12.1 Å². The van der Waals surface area contributed by atoms with Crippen LogP contribution in [0.1, 0.15) is 18.7 Å². The molecular weight excluding hydrogens is 287 g/mol. The van der Waals surface area contributed by atoms with Crippen molar-refractivity contribution >= 4 is 11.6 Å². The van der Waals surface area contributed by atoms with Crippen molar-refractivity contribution in [3.05, 3.63) is 30.2 Å². The van der Waals surface area contributed by atoms with Gasteiger partial charge in [-0.05, 0) is 25.0 Å². The predicted octanol–water partition coefficient (Wildman–Crippen LogP) is 3.10. The Bertz CT molecular complexity index is 677. The van der Waals surface area contributed by atoms with Crippen LogP contribution < -0.4 is 5.32 Å². The minimum atomic E-state index is -4.68. The van der Waals surface area contributed by atoms with Gasteiger partial charge in [0.1, 0.15) is 0 Å². The largest absolute Gasteiger partial charge is 0.471 e. The lowest BCUT2D eigenvalue weighted by atomic mass is 10.2. The van der Waals surface area contributed by atoms with E-state index in [1.165, 1.54) is 12.1 Å². The van der Waals surface area contributed by atoms with E-state index in [2.05, 4.69) is 20.0 Å². The van der Waals surface area contributed by atoms with Gasteiger partial charge in [0.25, 0.3) is 0 Å². The topological polar surface area (TPSA) is 68.0 Å². The molecule has 1 aliphatic rings. The van der Waals surface area contributed by atoms with Gasteiger partial charge in [0.2, 0.25) is 11.7 Å². The fraction of sp³-hybridized carbons (Fsp3) is 0.308. The molecule has 0 unspecified atom stereocenters. The van der Waals surface area contributed by atoms with Crippen molar-refractivity contribution in [3.63, 3.8) is 0 Å². The van der Waals surface area contributed by atoms with Crippen LogP contribution in [-0.2, 0) is 11.0 Å². The number of rotatable bonds is 3. The van der Waals surface area contributed by atoms with E-state index in [0.29, 0.717) is 11.3 Å². The number of carbonyl (C=O) groups excluding carboxylic acids is 1. The number of halogens is 3. The molecule has 0 spiro atoms. The van der Waals surface area contributed by atoms with E-state index in [1.807, 2.05) is 0 Å². The third kappa shape index (κ3) is 3.04. The molecule has 21 heavy (non-hydrogen) atoms. The molecule has 1 fully saturated rings. The Kier molecular flexibility index (Phi) is 3.15. The number of hydrogen-bond donors (Lipinski definition) is 1. The van der Waals surface area contributed by atoms with Gasteiger partial charge >= 0.3 is 12.1 Å². The number of hydrogen-bond acceptors (Lipinski definition) is 4. The molecule has 110 valence electrons. The van der Waals surface area contributed by atoms with Gasteiger partial charge in [-0.2, -0.15) is 18.2 Å². The van der Waals surface area contributed by atoms with Crippen LogP contribution in [0.2, 0.25) is 0 Å². The number of nitrogens with one attached hydrogen (secondary N) is 1. The highest BCUT2D eigenvalue weighted by Crippen LogP contribution is 2.31. The Labute approximate surface area is 117 Å². The van der Waals surface area contributed by atoms with E-state index in [-0.39, 0.29) is 17.6 Å². The fourth-order valence-corrected chi connectivity index (χ4v) is 1.78. The second kappa shape index (κ2) is 4.87. The first-order chi connectivity index (χ1) is 9.93. The first kappa shape index (κ1) is 13.6. The molecule has 1 amide bonds. The van der Waals surface area contributed by atoms with Gasteiger partial charge < -0.3 is 9.84 Å². The van der Waals surface area contributed by atoms with E-state index in [0.717, 1.165) is 12.8 Å². The normalized spacial score (nSPS) is 15.0. The van der Waals surface area contributed by atoms with Crippen molar-refractivity contribution in [1.29, 1.82) is 0 Å². The minimum absolute atomic E-state index is 0.0377. The van der Waals surface area contributed by atoms with Crippen molar-refractivity contribution in [3.8, 4) is 11.4 Å². The molecule has 0 radical (unpaired) electrons. The van der Waals surface area contributed by atoms with Gasteiger partial charge in [-0.3, -0.25) is 4.79 Å². The van der Waals surface area contributed by atoms with E-state index in [9.17, 15) is 18.0 Å². The van der Waals surface area contributed by atoms with Crippen LogP contribution in [-0.4, -0.2) is 16.0 Å². The third-order valence-electron chi connectivity index (χ3n) is 3.00. The number of carbonyl (C=O) groups is 1. The van der Waals surface area contributed by atoms with Crippen LogP contribution in [0.25, 0.3) is 11.4 Å². The number of nitrogens with zero attached hydrogens (tertiary/aromatic N) is 2. The molecule has 1 saturated carbocycles. The van der Waals surface area contributed by atoms with Crippen molar-refractivity contribution in [2.45, 2.75) is 19.0 Å². The van der Waals surface area contributed by atoms with Crippen molar-refractivity contribution < 1.29 is 22.5 Å². The van der Waals surface area contributed by atoms with Crippen molar-refractivity contribution in [1.82, 2.24) is 10.1 Å². The lowest BCUT2D eigenvalue weighted by Crippen LogP contribution is -2.13. The molecule has 0 atom stereocenters. The zero-order valence-corrected chi connectivity index (χ0v) is 10.6. The molecular formula is C13H10F3N3O2. The number of amides is 1. The quantitative estimate of drug-likeness (QED) is 0.945. The lowest BCUT2D eigenvalue weighted by molar-refractivity contribution is -0.159. The summed E-state index contributed by atoms with van der Waals surface area (Å²) < 4.78 is 41.4. The first-order valence-electron chi connectivity index (χ1n) is 6.26. The van der Waals surface area contributed by atoms with Gasteiger partial charge in [0.15, 0.2) is 0 Å². The number of benzene rings is 1. The highest BCUT2D eigenvalue weighted by Gasteiger charge is 2.38. The predicted molar refractivity (Wildman–Crippen MR) is 66.1 cm³/mol. The molecule has 0 bridgehead atoms. The van der Waals surface area contributed by atoms with Crippen molar-refractivity contribution in [2.24, 2.45) is 5.92 Å². The van der Waals surface area contributed by atoms with Crippen LogP contribution in [0.15, 0.2) is 28.8 Å². The summed E-state index contributed by atoms with van der Waals surface area (Å²) in [4.78, 5) is 15.0. The molecule has 1 N–H and O–H groups in total. The molecule has 1 heterocycles. The molecule has 1 aromatic heterocycles. The lowest BCUT2D eigenvalue weighted by Gasteiger charge is -2.04. The molecule has 2 aromatic rings. The van der Waals surface area contributed by atoms with Crippen LogP contribution >= 0.6 is 0 Å². The van der Waals surface area contributed by atoms with Crippen LogP contribution in [0.4, 0.5) is 18.9 Å². The van der Waals surface area contributed by atoms with Gasteiger partial charge in [-0.1, -0.05) is 17.3 Å². The van der Waals surface area contributed by atoms with Gasteiger partial charge in [-0.15, -0.1) is 0 Å². The van der Waals surface area contributed by atoms with Crippen LogP contribution in [0, 0.1) is 5.92 Å².